The van der Waals surface area contributed by atoms with E-state index in [-0.39, 0.29) is 125 Å². The van der Waals surface area contributed by atoms with Gasteiger partial charge in [0, 0.05) is 84.5 Å². The highest BCUT2D eigenvalue weighted by Crippen LogP contribution is 2.19. The predicted octanol–water partition coefficient (Wildman–Crippen LogP) is 3.00. The number of hydrogen-bond acceptors (Lipinski definition) is 13. The minimum absolute atomic E-state index is 0.00185. The van der Waals surface area contributed by atoms with Gasteiger partial charge in [0.2, 0.25) is 41.4 Å². The van der Waals surface area contributed by atoms with E-state index < -0.39 is 18.0 Å². The number of carboxylic acids is 2. The lowest BCUT2D eigenvalue weighted by Crippen LogP contribution is -2.41. The molecule has 1 aliphatic heterocycles. The van der Waals surface area contributed by atoms with Crippen molar-refractivity contribution in [2.75, 3.05) is 86.1 Å². The fourth-order valence-electron chi connectivity index (χ4n) is 6.75. The van der Waals surface area contributed by atoms with E-state index in [1.54, 1.807) is 6.92 Å². The van der Waals surface area contributed by atoms with Gasteiger partial charge in [0.05, 0.1) is 26.4 Å². The van der Waals surface area contributed by atoms with Gasteiger partial charge in [0.25, 0.3) is 0 Å². The Bertz CT molecular complexity index is 1450. The normalized spacial score (nSPS) is 13.6. The van der Waals surface area contributed by atoms with E-state index in [9.17, 15) is 48.3 Å². The van der Waals surface area contributed by atoms with Gasteiger partial charge in [-0.05, 0) is 25.7 Å². The third kappa shape index (κ3) is 38.3. The van der Waals surface area contributed by atoms with Crippen molar-refractivity contribution in [2.45, 2.75) is 155 Å². The third-order valence-corrected chi connectivity index (χ3v) is 10.5. The van der Waals surface area contributed by atoms with Crippen molar-refractivity contribution >= 4 is 53.3 Å². The fraction of sp³-hybridized carbons (Fsp3) is 0.809. The van der Waals surface area contributed by atoms with E-state index in [1.165, 1.54) is 52.1 Å². The zero-order chi connectivity index (χ0) is 50.6. The van der Waals surface area contributed by atoms with Crippen LogP contribution in [0.2, 0.25) is 0 Å². The molecular weight excluding hydrogens is 889 g/mol. The monoisotopic (exact) mass is 973 g/mol. The number of aliphatic carboxylic acids is 2. The molecule has 21 heteroatoms. The molecule has 2 atom stereocenters. The molecule has 0 aromatic rings. The largest absolute Gasteiger partial charge is 0.481 e. The highest BCUT2D eigenvalue weighted by Gasteiger charge is 2.35. The summed E-state index contributed by atoms with van der Waals surface area (Å²) in [6, 6.07) is -1.05. The number of methoxy groups -OCH3 is 1. The van der Waals surface area contributed by atoms with Crippen molar-refractivity contribution in [3.63, 3.8) is 0 Å². The average molecular weight is 973 g/mol. The molecule has 1 fully saturated rings. The second-order valence-corrected chi connectivity index (χ2v) is 16.7. The predicted molar refractivity (Wildman–Crippen MR) is 252 cm³/mol. The molecule has 0 aliphatic carbocycles. The number of carboxylic acid groups (broad SMARTS) is 2. The number of likely N-dealkylation sites (tertiary alicyclic amines) is 1. The smallest absolute Gasteiger partial charge is 0.326 e. The number of ether oxygens (including phenoxy) is 4. The standard InChI is InChI=1S/C28H52N2O7.C19H32N4O8/c1-2-22-37-23-21-29-25(31)20-19-24(28(35)36)30-26(32)17-15-13-11-9-7-5-3-4-6-8-10-12-14-16-18-27(33)34;1-14-11-18(27)23(19(14)28)7-3-15(24)20-4-5-21-17(26)13-31-10-9-30-8-6-22-16(25)12-29-2/h24H,2-23H2,1H3,(H,29,31)(H,30,32)(H,33,34)(H,35,36);14H,3-13H2,1-2H3,(H,20,24)(H,21,26)(H,22,25)/t24-;/m0./s1. The summed E-state index contributed by atoms with van der Waals surface area (Å²) in [6.45, 7) is 6.72. The summed E-state index contributed by atoms with van der Waals surface area (Å²) >= 11 is 0. The van der Waals surface area contributed by atoms with Crippen LogP contribution in [0.25, 0.3) is 0 Å². The molecule has 0 aromatic carbocycles. The molecular formula is C47H84N6O15. The second kappa shape index (κ2) is 43.5. The molecule has 0 radical (unpaired) electrons. The Morgan fingerprint density at radius 3 is 1.56 bits per heavy atom. The van der Waals surface area contributed by atoms with E-state index in [1.807, 2.05) is 6.92 Å². The highest BCUT2D eigenvalue weighted by atomic mass is 16.5. The first-order valence-electron chi connectivity index (χ1n) is 24.6. The number of nitrogens with one attached hydrogen (secondary N) is 5. The summed E-state index contributed by atoms with van der Waals surface area (Å²) in [5.74, 6) is -4.02. The quantitative estimate of drug-likeness (QED) is 0.0342. The molecule has 1 saturated heterocycles. The van der Waals surface area contributed by atoms with Crippen molar-refractivity contribution in [1.82, 2.24) is 31.5 Å². The average Bonchev–Trinajstić information content (AvgIpc) is 3.54. The molecule has 21 nitrogen and oxygen atoms in total. The van der Waals surface area contributed by atoms with Gasteiger partial charge in [0.1, 0.15) is 19.3 Å². The van der Waals surface area contributed by atoms with Crippen LogP contribution in [0.15, 0.2) is 0 Å². The molecule has 7 amide bonds. The zero-order valence-corrected chi connectivity index (χ0v) is 41.1. The third-order valence-electron chi connectivity index (χ3n) is 10.5. The van der Waals surface area contributed by atoms with Crippen molar-refractivity contribution in [3.8, 4) is 0 Å². The lowest BCUT2D eigenvalue weighted by molar-refractivity contribution is -0.142. The van der Waals surface area contributed by atoms with Crippen molar-refractivity contribution in [1.29, 1.82) is 0 Å². The molecule has 1 aliphatic rings. The first-order valence-corrected chi connectivity index (χ1v) is 24.6. The summed E-state index contributed by atoms with van der Waals surface area (Å²) in [7, 11) is 1.44. The molecule has 0 spiro atoms. The molecule has 0 bridgehead atoms. The maximum absolute atomic E-state index is 12.1. The van der Waals surface area contributed by atoms with Crippen LogP contribution in [0.3, 0.4) is 0 Å². The van der Waals surface area contributed by atoms with Gasteiger partial charge in [-0.2, -0.15) is 0 Å². The van der Waals surface area contributed by atoms with Gasteiger partial charge in [-0.1, -0.05) is 90.9 Å². The molecule has 68 heavy (non-hydrogen) atoms. The highest BCUT2D eigenvalue weighted by molar-refractivity contribution is 6.03. The van der Waals surface area contributed by atoms with Crippen LogP contribution < -0.4 is 26.6 Å². The zero-order valence-electron chi connectivity index (χ0n) is 41.1. The van der Waals surface area contributed by atoms with Gasteiger partial charge >= 0.3 is 11.9 Å². The van der Waals surface area contributed by atoms with Gasteiger partial charge in [-0.25, -0.2) is 4.79 Å². The number of nitrogens with zero attached hydrogens (tertiary/aromatic N) is 1. The van der Waals surface area contributed by atoms with E-state index >= 15 is 0 Å². The summed E-state index contributed by atoms with van der Waals surface area (Å²) in [4.78, 5) is 105. The molecule has 7 N–H and O–H groups in total. The Morgan fingerprint density at radius 1 is 0.574 bits per heavy atom. The Balaban J connectivity index is 0.00000134. The van der Waals surface area contributed by atoms with Crippen LogP contribution in [0.1, 0.15) is 149 Å². The number of imide groups is 1. The maximum Gasteiger partial charge on any atom is 0.326 e. The van der Waals surface area contributed by atoms with E-state index in [2.05, 4.69) is 31.3 Å². The number of unbranched alkanes of at least 4 members (excludes halogenated alkanes) is 13. The maximum atomic E-state index is 12.1. The van der Waals surface area contributed by atoms with Crippen molar-refractivity contribution in [3.05, 3.63) is 0 Å². The first kappa shape index (κ1) is 63.3. The molecule has 1 heterocycles. The molecule has 0 saturated carbocycles. The van der Waals surface area contributed by atoms with Crippen LogP contribution in [-0.4, -0.2) is 161 Å². The Labute approximate surface area is 403 Å². The van der Waals surface area contributed by atoms with E-state index in [0.717, 1.165) is 56.3 Å². The summed E-state index contributed by atoms with van der Waals surface area (Å²) in [5, 5.41) is 31.0. The van der Waals surface area contributed by atoms with Crippen LogP contribution in [-0.2, 0) is 62.1 Å². The number of hydrogen-bond donors (Lipinski definition) is 7. The van der Waals surface area contributed by atoms with Crippen LogP contribution in [0, 0.1) is 5.92 Å². The van der Waals surface area contributed by atoms with Crippen LogP contribution in [0.4, 0.5) is 0 Å². The van der Waals surface area contributed by atoms with Crippen LogP contribution in [0.5, 0.6) is 0 Å². The Morgan fingerprint density at radius 2 is 1.04 bits per heavy atom. The first-order chi connectivity index (χ1) is 32.7. The summed E-state index contributed by atoms with van der Waals surface area (Å²) < 4.78 is 20.4. The number of amides is 7. The minimum Gasteiger partial charge on any atom is -0.481 e. The minimum atomic E-state index is -1.12. The number of carbonyl (C=O) groups excluding carboxylic acids is 7. The van der Waals surface area contributed by atoms with Crippen molar-refractivity contribution in [2.24, 2.45) is 5.92 Å². The lowest BCUT2D eigenvalue weighted by Gasteiger charge is -2.14. The second-order valence-electron chi connectivity index (χ2n) is 16.7. The van der Waals surface area contributed by atoms with Gasteiger partial charge in [-0.15, -0.1) is 0 Å². The SMILES string of the molecule is CCCOCCNC(=O)CC[C@H](NC(=O)CCCCCCCCCCCCCCCCC(=O)O)C(=O)O.COCC(=O)NCCOCCOCC(=O)NCCNC(=O)CCN1C(=O)CC(C)C1=O. The molecule has 1 unspecified atom stereocenters. The van der Waals surface area contributed by atoms with Gasteiger partial charge < -0.3 is 55.7 Å². The number of carbonyl (C=O) groups is 9. The van der Waals surface area contributed by atoms with Gasteiger partial charge in [-0.3, -0.25) is 43.3 Å². The Kier molecular flexibility index (Phi) is 40.5. The number of rotatable bonds is 43. The Hall–Kier alpha value is -4.73. The summed E-state index contributed by atoms with van der Waals surface area (Å²) in [6.07, 6.45) is 17.3. The van der Waals surface area contributed by atoms with Gasteiger partial charge in [0.15, 0.2) is 0 Å². The topological polar surface area (TPSA) is 294 Å². The van der Waals surface area contributed by atoms with Crippen molar-refractivity contribution < 1.29 is 72.3 Å². The fourth-order valence-corrected chi connectivity index (χ4v) is 6.75. The lowest BCUT2D eigenvalue weighted by atomic mass is 10.0. The molecule has 1 rings (SSSR count). The van der Waals surface area contributed by atoms with Crippen LogP contribution >= 0.6 is 0 Å². The molecule has 0 aromatic heterocycles. The summed E-state index contributed by atoms with van der Waals surface area (Å²) in [5.41, 5.74) is 0. The van der Waals surface area contributed by atoms with E-state index in [4.69, 9.17) is 19.3 Å². The van der Waals surface area contributed by atoms with E-state index in [0.29, 0.717) is 39.3 Å². The molecule has 392 valence electrons.